The van der Waals surface area contributed by atoms with Crippen molar-refractivity contribution >= 4 is 21.9 Å². The lowest BCUT2D eigenvalue weighted by molar-refractivity contribution is -0.313. The zero-order valence-electron chi connectivity index (χ0n) is 21.0. The van der Waals surface area contributed by atoms with Crippen molar-refractivity contribution in [2.24, 2.45) is 34.5 Å². The van der Waals surface area contributed by atoms with Crippen molar-refractivity contribution in [3.63, 3.8) is 0 Å². The van der Waals surface area contributed by atoms with Crippen LogP contribution in [0.5, 0.6) is 0 Å². The topological polar surface area (TPSA) is 85.2 Å². The number of halogens is 1. The van der Waals surface area contributed by atoms with Crippen molar-refractivity contribution in [3.05, 3.63) is 12.3 Å². The summed E-state index contributed by atoms with van der Waals surface area (Å²) in [5, 5.41) is 22.1. The summed E-state index contributed by atoms with van der Waals surface area (Å²) in [6.45, 7) is 10.2. The van der Waals surface area contributed by atoms with Crippen molar-refractivity contribution in [1.82, 2.24) is 0 Å². The first kappa shape index (κ1) is 26.4. The zero-order valence-corrected chi connectivity index (χ0v) is 22.6. The lowest BCUT2D eigenvalue weighted by Gasteiger charge is -2.62. The minimum Gasteiger partial charge on any atom is -0.460 e. The van der Waals surface area contributed by atoms with Gasteiger partial charge in [0.2, 0.25) is 0 Å². The molecule has 4 rings (SSSR count). The number of hydrogen-bond donors (Lipinski definition) is 2. The average molecular weight is 544 g/mol. The van der Waals surface area contributed by atoms with E-state index >= 15 is 0 Å². The molecule has 4 saturated carbocycles. The largest absolute Gasteiger partial charge is 0.460 e. The lowest BCUT2D eigenvalue weighted by atomic mass is 9.44. The minimum atomic E-state index is -0.474. The number of aliphatic hydroxyl groups is 2. The molecule has 4 aliphatic carbocycles. The van der Waals surface area contributed by atoms with Gasteiger partial charge in [-0.05, 0) is 80.5 Å². The second-order valence-corrected chi connectivity index (χ2v) is 12.8. The fourth-order valence-electron chi connectivity index (χ4n) is 8.17. The maximum atomic E-state index is 12.2. The van der Waals surface area contributed by atoms with Gasteiger partial charge < -0.3 is 19.8 Å². The van der Waals surface area contributed by atoms with Gasteiger partial charge in [-0.3, -0.25) is 4.79 Å². The predicted molar refractivity (Wildman–Crippen MR) is 133 cm³/mol. The molecule has 0 saturated heterocycles. The first-order valence-electron chi connectivity index (χ1n) is 13.3. The van der Waals surface area contributed by atoms with Gasteiger partial charge in [0.05, 0.1) is 17.5 Å². The summed E-state index contributed by atoms with van der Waals surface area (Å²) in [7, 11) is 0. The number of allylic oxidation sites excluding steroid dienone is 1. The van der Waals surface area contributed by atoms with Gasteiger partial charge in [-0.15, -0.1) is 0 Å². The van der Waals surface area contributed by atoms with Crippen LogP contribution in [0.4, 0.5) is 0 Å². The number of alkyl halides is 1. The summed E-state index contributed by atoms with van der Waals surface area (Å²) in [5.74, 6) is 1.48. The van der Waals surface area contributed by atoms with E-state index in [1.807, 2.05) is 0 Å². The van der Waals surface area contributed by atoms with Crippen LogP contribution in [0.25, 0.3) is 0 Å². The number of rotatable bonds is 8. The molecule has 194 valence electrons. The molecule has 0 radical (unpaired) electrons. The molecular weight excluding hydrogens is 500 g/mol. The van der Waals surface area contributed by atoms with Crippen molar-refractivity contribution in [2.75, 3.05) is 6.61 Å². The molecule has 0 aromatic heterocycles. The fraction of sp³-hybridized carbons (Fsp3) is 0.889. The number of aliphatic hydroxyl groups excluding tert-OH is 2. The third-order valence-electron chi connectivity index (χ3n) is 9.94. The van der Waals surface area contributed by atoms with Crippen molar-refractivity contribution in [3.8, 4) is 0 Å². The summed E-state index contributed by atoms with van der Waals surface area (Å²) in [6.07, 6.45) is 7.60. The first-order chi connectivity index (χ1) is 16.2. The normalized spacial score (nSPS) is 45.6. The van der Waals surface area contributed by atoms with E-state index in [1.54, 1.807) is 6.92 Å². The van der Waals surface area contributed by atoms with Crippen LogP contribution < -0.4 is 0 Å². The van der Waals surface area contributed by atoms with Crippen LogP contribution >= 0.6 is 15.9 Å². The molecule has 0 aromatic carbocycles. The molecule has 0 heterocycles. The average Bonchev–Trinajstić information content (AvgIpc) is 3.10. The molecule has 4 fully saturated rings. The second kappa shape index (κ2) is 10.4. The Kier molecular flexibility index (Phi) is 8.08. The molecule has 4 aliphatic rings. The molecule has 6 nitrogen and oxygen atoms in total. The van der Waals surface area contributed by atoms with Gasteiger partial charge in [0, 0.05) is 18.3 Å². The number of carbonyl (C=O) groups excluding carboxylic acids is 1. The Labute approximate surface area is 212 Å². The molecule has 34 heavy (non-hydrogen) atoms. The van der Waals surface area contributed by atoms with Crippen LogP contribution in [0.3, 0.4) is 0 Å². The predicted octanol–water partition coefficient (Wildman–Crippen LogP) is 5.30. The van der Waals surface area contributed by atoms with Gasteiger partial charge >= 0.3 is 5.97 Å². The number of esters is 1. The number of hydrogen-bond acceptors (Lipinski definition) is 6. The molecule has 10 atom stereocenters. The third-order valence-corrected chi connectivity index (χ3v) is 10.8. The maximum Gasteiger partial charge on any atom is 0.305 e. The molecule has 0 bridgehead atoms. The highest BCUT2D eigenvalue weighted by atomic mass is 79.9. The molecule has 0 spiro atoms. The molecule has 0 aliphatic heterocycles. The summed E-state index contributed by atoms with van der Waals surface area (Å²) in [6, 6.07) is 0. The molecular formula is C27H43BrO6. The number of fused-ring (bicyclic) bond motifs is 5. The SMILES string of the molecule is C=C(CCC)OO[C@H]1CC[C@@]2(C)C(C1)C[C@H](O)C1C2CC[C@@]2(CO)C1C[C@@H](Br)[C@@H]2OC(=O)CC. The van der Waals surface area contributed by atoms with Crippen molar-refractivity contribution in [1.29, 1.82) is 0 Å². The van der Waals surface area contributed by atoms with E-state index in [-0.39, 0.29) is 46.9 Å². The summed E-state index contributed by atoms with van der Waals surface area (Å²) < 4.78 is 5.90. The Morgan fingerprint density at radius 2 is 1.91 bits per heavy atom. The molecule has 4 unspecified atom stereocenters. The standard InChI is InChI=1S/C27H43BrO6/c1-5-7-16(3)33-34-18-8-10-26(4)17(12-18)13-22(30)24-19(26)9-11-27(15-29)20(24)14-21(28)25(27)32-23(31)6-2/h17-22,24-25,29-30H,3,5-15H2,1-2,4H3/t17?,18-,19?,20?,21+,22-,24?,25-,26-,27+/m0/s1. The van der Waals surface area contributed by atoms with Gasteiger partial charge in [0.1, 0.15) is 18.0 Å². The van der Waals surface area contributed by atoms with Crippen LogP contribution in [0.1, 0.15) is 85.0 Å². The third kappa shape index (κ3) is 4.48. The Bertz CT molecular complexity index is 759. The summed E-state index contributed by atoms with van der Waals surface area (Å²) in [5.41, 5.74) is -0.343. The van der Waals surface area contributed by atoms with Gasteiger partial charge in [-0.25, -0.2) is 0 Å². The summed E-state index contributed by atoms with van der Waals surface area (Å²) >= 11 is 3.79. The highest BCUT2D eigenvalue weighted by Crippen LogP contribution is 2.67. The molecule has 0 amide bonds. The highest BCUT2D eigenvalue weighted by Gasteiger charge is 2.66. The monoisotopic (exact) mass is 542 g/mol. The highest BCUT2D eigenvalue weighted by molar-refractivity contribution is 9.09. The van der Waals surface area contributed by atoms with Crippen molar-refractivity contribution < 1.29 is 29.5 Å². The summed E-state index contributed by atoms with van der Waals surface area (Å²) in [4.78, 5) is 23.5. The van der Waals surface area contributed by atoms with E-state index in [9.17, 15) is 15.0 Å². The zero-order chi connectivity index (χ0) is 24.7. The van der Waals surface area contributed by atoms with Crippen LogP contribution in [0, 0.1) is 34.5 Å². The van der Waals surface area contributed by atoms with Crippen LogP contribution in [0.15, 0.2) is 12.3 Å². The molecule has 0 aromatic rings. The Balaban J connectivity index is 1.51. The number of ether oxygens (including phenoxy) is 1. The maximum absolute atomic E-state index is 12.2. The van der Waals surface area contributed by atoms with Crippen LogP contribution in [0.2, 0.25) is 0 Å². The smallest absolute Gasteiger partial charge is 0.305 e. The second-order valence-electron chi connectivity index (χ2n) is 11.6. The van der Waals surface area contributed by atoms with E-state index in [0.717, 1.165) is 57.8 Å². The van der Waals surface area contributed by atoms with Gasteiger partial charge in [0.25, 0.3) is 0 Å². The van der Waals surface area contributed by atoms with Crippen LogP contribution in [-0.2, 0) is 19.3 Å². The Hall–Kier alpha value is -0.630. The van der Waals surface area contributed by atoms with Gasteiger partial charge in [-0.1, -0.05) is 43.3 Å². The Morgan fingerprint density at radius 3 is 2.59 bits per heavy atom. The minimum absolute atomic E-state index is 0.00753. The molecule has 7 heteroatoms. The van der Waals surface area contributed by atoms with Gasteiger partial charge in [-0.2, -0.15) is 4.89 Å². The van der Waals surface area contributed by atoms with Crippen LogP contribution in [-0.4, -0.2) is 45.9 Å². The van der Waals surface area contributed by atoms with Crippen molar-refractivity contribution in [2.45, 2.75) is 108 Å². The van der Waals surface area contributed by atoms with E-state index in [0.29, 0.717) is 24.0 Å². The Morgan fingerprint density at radius 1 is 1.15 bits per heavy atom. The number of carbonyl (C=O) groups is 1. The fourth-order valence-corrected chi connectivity index (χ4v) is 9.21. The quantitative estimate of drug-likeness (QED) is 0.142. The van der Waals surface area contributed by atoms with E-state index in [2.05, 4.69) is 36.4 Å². The van der Waals surface area contributed by atoms with E-state index < -0.39 is 11.5 Å². The molecule has 2 N–H and O–H groups in total. The van der Waals surface area contributed by atoms with E-state index in [1.165, 1.54) is 0 Å². The lowest BCUT2D eigenvalue weighted by Crippen LogP contribution is -2.60. The first-order valence-corrected chi connectivity index (χ1v) is 14.2. The van der Waals surface area contributed by atoms with E-state index in [4.69, 9.17) is 14.5 Å². The van der Waals surface area contributed by atoms with Gasteiger partial charge in [0.15, 0.2) is 0 Å².